The molecule has 112 valence electrons. The van der Waals surface area contributed by atoms with Gasteiger partial charge in [0.25, 0.3) is 0 Å². The Morgan fingerprint density at radius 2 is 1.85 bits per heavy atom. The standard InChI is InChI=1S/C11H9F5O3S/c12-8-5-4-6-7(10(8)13)2-1-3-9(6)19-20(17,18)11(14,15)16/h4-5,9H,1-3H2. The average molecular weight is 316 g/mol. The molecule has 0 saturated carbocycles. The zero-order valence-corrected chi connectivity index (χ0v) is 10.7. The Balaban J connectivity index is 2.38. The van der Waals surface area contributed by atoms with Crippen molar-refractivity contribution in [2.75, 3.05) is 0 Å². The molecule has 1 aromatic rings. The molecule has 0 bridgehead atoms. The van der Waals surface area contributed by atoms with Gasteiger partial charge in [-0.3, -0.25) is 4.18 Å². The molecule has 0 N–H and O–H groups in total. The molecule has 0 aliphatic heterocycles. The van der Waals surface area contributed by atoms with Crippen LogP contribution in [0.2, 0.25) is 0 Å². The van der Waals surface area contributed by atoms with Gasteiger partial charge in [-0.15, -0.1) is 0 Å². The van der Waals surface area contributed by atoms with Gasteiger partial charge in [-0.1, -0.05) is 6.07 Å². The fourth-order valence-corrected chi connectivity index (χ4v) is 2.71. The van der Waals surface area contributed by atoms with Crippen LogP contribution in [-0.2, 0) is 20.7 Å². The summed E-state index contributed by atoms with van der Waals surface area (Å²) >= 11 is 0. The van der Waals surface area contributed by atoms with Crippen LogP contribution in [0.25, 0.3) is 0 Å². The van der Waals surface area contributed by atoms with Crippen LogP contribution in [0, 0.1) is 11.6 Å². The minimum absolute atomic E-state index is 0.0205. The first-order chi connectivity index (χ1) is 9.13. The Morgan fingerprint density at radius 3 is 2.45 bits per heavy atom. The van der Waals surface area contributed by atoms with E-state index in [1.165, 1.54) is 0 Å². The third-order valence-corrected chi connectivity index (χ3v) is 4.05. The number of hydrogen-bond donors (Lipinski definition) is 0. The van der Waals surface area contributed by atoms with E-state index in [1.807, 2.05) is 0 Å². The molecule has 1 aromatic carbocycles. The van der Waals surface area contributed by atoms with Gasteiger partial charge >= 0.3 is 15.6 Å². The lowest BCUT2D eigenvalue weighted by Crippen LogP contribution is -2.28. The number of fused-ring (bicyclic) bond motifs is 1. The van der Waals surface area contributed by atoms with Crippen molar-refractivity contribution >= 4 is 10.1 Å². The van der Waals surface area contributed by atoms with E-state index in [-0.39, 0.29) is 30.4 Å². The molecule has 0 spiro atoms. The SMILES string of the molecule is O=S(=O)(OC1CCCc2c1ccc(F)c2F)C(F)(F)F. The first kappa shape index (κ1) is 15.2. The van der Waals surface area contributed by atoms with Gasteiger partial charge in [0.15, 0.2) is 11.6 Å². The molecule has 20 heavy (non-hydrogen) atoms. The Labute approximate surface area is 111 Å². The van der Waals surface area contributed by atoms with Crippen LogP contribution in [0.15, 0.2) is 12.1 Å². The van der Waals surface area contributed by atoms with Crippen molar-refractivity contribution in [3.63, 3.8) is 0 Å². The molecular formula is C11H9F5O3S. The first-order valence-electron chi connectivity index (χ1n) is 5.60. The van der Waals surface area contributed by atoms with Gasteiger partial charge in [-0.2, -0.15) is 21.6 Å². The summed E-state index contributed by atoms with van der Waals surface area (Å²) in [6, 6.07) is 1.78. The number of alkyl halides is 3. The summed E-state index contributed by atoms with van der Waals surface area (Å²) in [7, 11) is -5.78. The van der Waals surface area contributed by atoms with E-state index in [0.29, 0.717) is 0 Å². The van der Waals surface area contributed by atoms with Crippen LogP contribution in [0.4, 0.5) is 22.0 Å². The molecule has 0 fully saturated rings. The molecule has 0 amide bonds. The summed E-state index contributed by atoms with van der Waals surface area (Å²) in [6.07, 6.45) is -1.16. The van der Waals surface area contributed by atoms with Gasteiger partial charge in [0.2, 0.25) is 0 Å². The highest BCUT2D eigenvalue weighted by molar-refractivity contribution is 7.87. The molecule has 0 heterocycles. The number of hydrogen-bond acceptors (Lipinski definition) is 3. The second kappa shape index (κ2) is 4.96. The fraction of sp³-hybridized carbons (Fsp3) is 0.455. The largest absolute Gasteiger partial charge is 0.523 e. The molecule has 2 rings (SSSR count). The summed E-state index contributed by atoms with van der Waals surface area (Å²) in [5, 5.41) is 0. The maximum absolute atomic E-state index is 13.5. The van der Waals surface area contributed by atoms with Crippen LogP contribution in [-0.4, -0.2) is 13.9 Å². The van der Waals surface area contributed by atoms with Gasteiger partial charge < -0.3 is 0 Å². The smallest absolute Gasteiger partial charge is 0.255 e. The minimum atomic E-state index is -5.78. The quantitative estimate of drug-likeness (QED) is 0.478. The van der Waals surface area contributed by atoms with Crippen molar-refractivity contribution in [2.24, 2.45) is 0 Å². The highest BCUT2D eigenvalue weighted by atomic mass is 32.2. The van der Waals surface area contributed by atoms with Crippen LogP contribution < -0.4 is 0 Å². The van der Waals surface area contributed by atoms with Crippen molar-refractivity contribution in [3.05, 3.63) is 34.9 Å². The Bertz CT molecular complexity index is 624. The van der Waals surface area contributed by atoms with Crippen LogP contribution in [0.3, 0.4) is 0 Å². The Kier molecular flexibility index (Phi) is 3.76. The molecular weight excluding hydrogens is 307 g/mol. The van der Waals surface area contributed by atoms with Crippen LogP contribution in [0.1, 0.15) is 30.1 Å². The second-order valence-electron chi connectivity index (χ2n) is 4.31. The molecule has 9 heteroatoms. The van der Waals surface area contributed by atoms with Crippen molar-refractivity contribution in [1.29, 1.82) is 0 Å². The van der Waals surface area contributed by atoms with Crippen molar-refractivity contribution in [3.8, 4) is 0 Å². The van der Waals surface area contributed by atoms with Gasteiger partial charge in [0.1, 0.15) is 6.10 Å². The van der Waals surface area contributed by atoms with Crippen molar-refractivity contribution < 1.29 is 34.6 Å². The molecule has 1 unspecified atom stereocenters. The monoisotopic (exact) mass is 316 g/mol. The molecule has 3 nitrogen and oxygen atoms in total. The van der Waals surface area contributed by atoms with E-state index in [2.05, 4.69) is 4.18 Å². The van der Waals surface area contributed by atoms with Crippen LogP contribution in [0.5, 0.6) is 0 Å². The number of benzene rings is 1. The first-order valence-corrected chi connectivity index (χ1v) is 7.00. The summed E-state index contributed by atoms with van der Waals surface area (Å²) in [6.45, 7) is 0. The van der Waals surface area contributed by atoms with E-state index in [9.17, 15) is 30.4 Å². The van der Waals surface area contributed by atoms with E-state index in [0.717, 1.165) is 12.1 Å². The lowest BCUT2D eigenvalue weighted by atomic mass is 9.89. The summed E-state index contributed by atoms with van der Waals surface area (Å²) < 4.78 is 89.4. The third kappa shape index (κ3) is 2.64. The Morgan fingerprint density at radius 1 is 1.20 bits per heavy atom. The summed E-state index contributed by atoms with van der Waals surface area (Å²) in [5.41, 5.74) is -5.76. The van der Waals surface area contributed by atoms with Gasteiger partial charge in [-0.25, -0.2) is 8.78 Å². The lowest BCUT2D eigenvalue weighted by Gasteiger charge is -2.25. The lowest BCUT2D eigenvalue weighted by molar-refractivity contribution is -0.0580. The van der Waals surface area contributed by atoms with E-state index in [4.69, 9.17) is 0 Å². The number of halogens is 5. The summed E-state index contributed by atoms with van der Waals surface area (Å²) in [5.74, 6) is -2.32. The molecule has 0 radical (unpaired) electrons. The van der Waals surface area contributed by atoms with Crippen LogP contribution >= 0.6 is 0 Å². The zero-order chi connectivity index (χ0) is 15.1. The average Bonchev–Trinajstić information content (AvgIpc) is 2.32. The maximum Gasteiger partial charge on any atom is 0.523 e. The van der Waals surface area contributed by atoms with Gasteiger partial charge in [0, 0.05) is 0 Å². The molecule has 0 saturated heterocycles. The predicted octanol–water partition coefficient (Wildman–Crippen LogP) is 3.21. The van der Waals surface area contributed by atoms with E-state index >= 15 is 0 Å². The van der Waals surface area contributed by atoms with E-state index in [1.54, 1.807) is 0 Å². The normalized spacial score (nSPS) is 19.8. The summed E-state index contributed by atoms with van der Waals surface area (Å²) in [4.78, 5) is 0. The zero-order valence-electron chi connectivity index (χ0n) is 9.88. The molecule has 1 aliphatic rings. The van der Waals surface area contributed by atoms with Gasteiger partial charge in [-0.05, 0) is 36.5 Å². The predicted molar refractivity (Wildman–Crippen MR) is 58.1 cm³/mol. The van der Waals surface area contributed by atoms with Crippen molar-refractivity contribution in [2.45, 2.75) is 30.9 Å². The fourth-order valence-electron chi connectivity index (χ4n) is 2.09. The third-order valence-electron chi connectivity index (χ3n) is 3.00. The Hall–Kier alpha value is -1.22. The molecule has 0 aromatic heterocycles. The number of rotatable bonds is 2. The van der Waals surface area contributed by atoms with Gasteiger partial charge in [0.05, 0.1) is 0 Å². The molecule has 1 atom stereocenters. The second-order valence-corrected chi connectivity index (χ2v) is 5.87. The van der Waals surface area contributed by atoms with Crippen molar-refractivity contribution in [1.82, 2.24) is 0 Å². The van der Waals surface area contributed by atoms with E-state index < -0.39 is 33.4 Å². The minimum Gasteiger partial charge on any atom is -0.255 e. The highest BCUT2D eigenvalue weighted by Crippen LogP contribution is 2.38. The molecule has 1 aliphatic carbocycles. The highest BCUT2D eigenvalue weighted by Gasteiger charge is 2.49. The maximum atomic E-state index is 13.5. The topological polar surface area (TPSA) is 43.4 Å².